The Morgan fingerprint density at radius 3 is 2.71 bits per heavy atom. The number of alkyl halides is 3. The lowest BCUT2D eigenvalue weighted by Crippen LogP contribution is -2.27. The molecule has 0 fully saturated rings. The van der Waals surface area contributed by atoms with E-state index < -0.39 is 17.8 Å². The first-order valence-electron chi connectivity index (χ1n) is 5.85. The molecular weight excluding hydrogens is 355 g/mol. The third-order valence-electron chi connectivity index (χ3n) is 2.63. The van der Waals surface area contributed by atoms with E-state index in [4.69, 9.17) is 0 Å². The Bertz CT molecular complexity index is 649. The van der Waals surface area contributed by atoms with E-state index in [0.29, 0.717) is 11.2 Å². The van der Waals surface area contributed by atoms with Crippen molar-refractivity contribution in [1.29, 1.82) is 0 Å². The van der Waals surface area contributed by atoms with Gasteiger partial charge in [-0.15, -0.1) is 0 Å². The molecule has 6 nitrogen and oxygen atoms in total. The van der Waals surface area contributed by atoms with Crippen LogP contribution in [0.4, 0.5) is 13.2 Å². The fourth-order valence-corrected chi connectivity index (χ4v) is 2.01. The summed E-state index contributed by atoms with van der Waals surface area (Å²) >= 11 is 3.23. The SMILES string of the molecule is Cn1nc(C(=O)NCCn2cc(Br)cn2)cc1C(F)(F)F. The molecule has 0 aliphatic rings. The van der Waals surface area contributed by atoms with E-state index >= 15 is 0 Å². The minimum Gasteiger partial charge on any atom is -0.349 e. The molecule has 21 heavy (non-hydrogen) atoms. The Kier molecular flexibility index (Phi) is 4.35. The number of halogens is 4. The molecule has 114 valence electrons. The van der Waals surface area contributed by atoms with E-state index in [1.165, 1.54) is 0 Å². The normalized spacial score (nSPS) is 11.7. The molecule has 0 aliphatic carbocycles. The highest BCUT2D eigenvalue weighted by Crippen LogP contribution is 2.29. The number of rotatable bonds is 4. The van der Waals surface area contributed by atoms with Gasteiger partial charge in [0.05, 0.1) is 17.2 Å². The molecule has 0 saturated heterocycles. The number of carbonyl (C=O) groups excluding carboxylic acids is 1. The van der Waals surface area contributed by atoms with Gasteiger partial charge in [-0.3, -0.25) is 14.2 Å². The average Bonchev–Trinajstić information content (AvgIpc) is 2.95. The number of hydrogen-bond donors (Lipinski definition) is 1. The minimum absolute atomic E-state index is 0.227. The van der Waals surface area contributed by atoms with Gasteiger partial charge in [-0.1, -0.05) is 0 Å². The second-order valence-corrected chi connectivity index (χ2v) is 5.13. The van der Waals surface area contributed by atoms with E-state index in [1.54, 1.807) is 17.1 Å². The first-order chi connectivity index (χ1) is 9.77. The van der Waals surface area contributed by atoms with Crippen molar-refractivity contribution in [3.63, 3.8) is 0 Å². The van der Waals surface area contributed by atoms with Crippen LogP contribution in [0.15, 0.2) is 22.9 Å². The molecule has 0 radical (unpaired) electrons. The molecule has 0 bridgehead atoms. The number of nitrogens with one attached hydrogen (secondary N) is 1. The van der Waals surface area contributed by atoms with Crippen LogP contribution in [0.2, 0.25) is 0 Å². The number of carbonyl (C=O) groups is 1. The summed E-state index contributed by atoms with van der Waals surface area (Å²) in [5.41, 5.74) is -1.24. The van der Waals surface area contributed by atoms with Crippen molar-refractivity contribution < 1.29 is 18.0 Å². The standard InChI is InChI=1S/C11H11BrF3N5O/c1-19-9(11(13,14)15)4-8(18-19)10(21)16-2-3-20-6-7(12)5-17-20/h4-6H,2-3H2,1H3,(H,16,21). The van der Waals surface area contributed by atoms with Gasteiger partial charge in [0.25, 0.3) is 5.91 Å². The van der Waals surface area contributed by atoms with Crippen molar-refractivity contribution in [2.75, 3.05) is 6.54 Å². The Labute approximate surface area is 126 Å². The second kappa shape index (κ2) is 5.88. The molecular formula is C11H11BrF3N5O. The highest BCUT2D eigenvalue weighted by atomic mass is 79.9. The van der Waals surface area contributed by atoms with Gasteiger partial charge < -0.3 is 5.32 Å². The Morgan fingerprint density at radius 2 is 2.19 bits per heavy atom. The van der Waals surface area contributed by atoms with E-state index in [1.807, 2.05) is 0 Å². The third kappa shape index (κ3) is 3.84. The molecule has 0 spiro atoms. The van der Waals surface area contributed by atoms with Crippen LogP contribution in [0.5, 0.6) is 0 Å². The summed E-state index contributed by atoms with van der Waals surface area (Å²) in [6, 6.07) is 0.722. The fraction of sp³-hybridized carbons (Fsp3) is 0.364. The summed E-state index contributed by atoms with van der Waals surface area (Å²) in [6.07, 6.45) is -1.23. The molecule has 10 heteroatoms. The molecule has 0 aromatic carbocycles. The van der Waals surface area contributed by atoms with Crippen LogP contribution < -0.4 is 5.32 Å². The predicted octanol–water partition coefficient (Wildman–Crippen LogP) is 1.83. The maximum atomic E-state index is 12.6. The molecule has 0 atom stereocenters. The molecule has 2 heterocycles. The van der Waals surface area contributed by atoms with Crippen molar-refractivity contribution in [3.8, 4) is 0 Å². The van der Waals surface area contributed by atoms with Crippen molar-refractivity contribution in [2.24, 2.45) is 7.05 Å². The Hall–Kier alpha value is -1.84. The first kappa shape index (κ1) is 15.5. The van der Waals surface area contributed by atoms with Gasteiger partial charge in [0.15, 0.2) is 5.69 Å². The summed E-state index contributed by atoms with van der Waals surface area (Å²) in [7, 11) is 1.14. The highest BCUT2D eigenvalue weighted by Gasteiger charge is 2.35. The largest absolute Gasteiger partial charge is 0.433 e. The van der Waals surface area contributed by atoms with Crippen molar-refractivity contribution in [2.45, 2.75) is 12.7 Å². The molecule has 0 aliphatic heterocycles. The average molecular weight is 366 g/mol. The minimum atomic E-state index is -4.54. The monoisotopic (exact) mass is 365 g/mol. The Morgan fingerprint density at radius 1 is 1.48 bits per heavy atom. The summed E-state index contributed by atoms with van der Waals surface area (Å²) in [5, 5.41) is 10.0. The first-order valence-corrected chi connectivity index (χ1v) is 6.64. The molecule has 2 aromatic heterocycles. The van der Waals surface area contributed by atoms with Crippen LogP contribution in [-0.4, -0.2) is 32.0 Å². The van der Waals surface area contributed by atoms with Gasteiger partial charge in [-0.2, -0.15) is 23.4 Å². The van der Waals surface area contributed by atoms with Crippen LogP contribution in [0.1, 0.15) is 16.2 Å². The molecule has 0 saturated carbocycles. The third-order valence-corrected chi connectivity index (χ3v) is 3.04. The number of aryl methyl sites for hydroxylation is 1. The van der Waals surface area contributed by atoms with Gasteiger partial charge in [0.1, 0.15) is 5.69 Å². The summed E-state index contributed by atoms with van der Waals surface area (Å²) in [6.45, 7) is 0.626. The van der Waals surface area contributed by atoms with Crippen LogP contribution >= 0.6 is 15.9 Å². The lowest BCUT2D eigenvalue weighted by atomic mass is 10.3. The second-order valence-electron chi connectivity index (χ2n) is 4.21. The Balaban J connectivity index is 1.94. The summed E-state index contributed by atoms with van der Waals surface area (Å²) < 4.78 is 40.8. The predicted molar refractivity (Wildman–Crippen MR) is 70.5 cm³/mol. The van der Waals surface area contributed by atoms with E-state index in [0.717, 1.165) is 17.6 Å². The number of hydrogen-bond acceptors (Lipinski definition) is 3. The van der Waals surface area contributed by atoms with Gasteiger partial charge in [0.2, 0.25) is 0 Å². The summed E-state index contributed by atoms with van der Waals surface area (Å²) in [4.78, 5) is 11.7. The molecule has 2 aromatic rings. The molecule has 0 unspecified atom stereocenters. The van der Waals surface area contributed by atoms with E-state index in [9.17, 15) is 18.0 Å². The van der Waals surface area contributed by atoms with Crippen molar-refractivity contribution in [3.05, 3.63) is 34.3 Å². The lowest BCUT2D eigenvalue weighted by Gasteiger charge is -2.04. The number of aromatic nitrogens is 4. The number of nitrogens with zero attached hydrogens (tertiary/aromatic N) is 4. The smallest absolute Gasteiger partial charge is 0.349 e. The van der Waals surface area contributed by atoms with Crippen molar-refractivity contribution in [1.82, 2.24) is 24.9 Å². The zero-order valence-electron chi connectivity index (χ0n) is 10.9. The van der Waals surface area contributed by atoms with Crippen LogP contribution in [0.25, 0.3) is 0 Å². The van der Waals surface area contributed by atoms with Gasteiger partial charge in [0, 0.05) is 25.9 Å². The van der Waals surface area contributed by atoms with Gasteiger partial charge in [-0.05, 0) is 15.9 Å². The van der Waals surface area contributed by atoms with Crippen molar-refractivity contribution >= 4 is 21.8 Å². The number of amides is 1. The van der Waals surface area contributed by atoms with Crippen LogP contribution in [-0.2, 0) is 19.8 Å². The zero-order chi connectivity index (χ0) is 15.6. The summed E-state index contributed by atoms with van der Waals surface area (Å²) in [5.74, 6) is -0.660. The fourth-order valence-electron chi connectivity index (χ4n) is 1.68. The van der Waals surface area contributed by atoms with E-state index in [2.05, 4.69) is 31.4 Å². The molecule has 2 rings (SSSR count). The lowest BCUT2D eigenvalue weighted by molar-refractivity contribution is -0.143. The van der Waals surface area contributed by atoms with Gasteiger partial charge in [-0.25, -0.2) is 0 Å². The maximum Gasteiger partial charge on any atom is 0.433 e. The topological polar surface area (TPSA) is 64.7 Å². The molecule has 1 N–H and O–H groups in total. The zero-order valence-corrected chi connectivity index (χ0v) is 12.4. The quantitative estimate of drug-likeness (QED) is 0.898. The maximum absolute atomic E-state index is 12.6. The molecule has 1 amide bonds. The van der Waals surface area contributed by atoms with Gasteiger partial charge >= 0.3 is 6.18 Å². The highest BCUT2D eigenvalue weighted by molar-refractivity contribution is 9.10. The van der Waals surface area contributed by atoms with Crippen LogP contribution in [0, 0.1) is 0 Å². The van der Waals surface area contributed by atoms with E-state index in [-0.39, 0.29) is 12.2 Å². The van der Waals surface area contributed by atoms with Crippen LogP contribution in [0.3, 0.4) is 0 Å².